The maximum Gasteiger partial charge on any atom is 0.409 e. The number of amides is 1. The maximum absolute atomic E-state index is 11.1. The van der Waals surface area contributed by atoms with Crippen molar-refractivity contribution in [2.45, 2.75) is 13.8 Å². The predicted molar refractivity (Wildman–Crippen MR) is 55.4 cm³/mol. The van der Waals surface area contributed by atoms with Crippen LogP contribution in [-0.2, 0) is 14.3 Å². The average molecular weight is 215 g/mol. The van der Waals surface area contributed by atoms with Gasteiger partial charge in [0, 0.05) is 19.7 Å². The molecule has 5 nitrogen and oxygen atoms in total. The van der Waals surface area contributed by atoms with Gasteiger partial charge in [0.1, 0.15) is 0 Å². The van der Waals surface area contributed by atoms with Crippen LogP contribution in [0, 0.1) is 0 Å². The minimum atomic E-state index is -0.411. The van der Waals surface area contributed by atoms with E-state index < -0.39 is 12.1 Å². The van der Waals surface area contributed by atoms with Crippen molar-refractivity contribution >= 4 is 12.1 Å². The first kappa shape index (κ1) is 13.5. The van der Waals surface area contributed by atoms with Crippen LogP contribution >= 0.6 is 0 Å². The van der Waals surface area contributed by atoms with Crippen LogP contribution in [0.25, 0.3) is 0 Å². The number of carbonyl (C=O) groups excluding carboxylic acids is 2. The van der Waals surface area contributed by atoms with Gasteiger partial charge in [-0.1, -0.05) is 6.08 Å². The lowest BCUT2D eigenvalue weighted by molar-refractivity contribution is -0.137. The number of nitrogens with zero attached hydrogens (tertiary/aromatic N) is 1. The summed E-state index contributed by atoms with van der Waals surface area (Å²) in [4.78, 5) is 23.3. The second-order valence-electron chi connectivity index (χ2n) is 2.73. The standard InChI is InChI=1S/C10H17NO4/c1-4-14-9(12)7-6-8-11(3)10(13)15-5-2/h6-7H,4-5,8H2,1-3H3/b7-6+. The second kappa shape index (κ2) is 7.84. The number of hydrogen-bond acceptors (Lipinski definition) is 4. The summed E-state index contributed by atoms with van der Waals surface area (Å²) in [5, 5.41) is 0. The zero-order valence-electron chi connectivity index (χ0n) is 9.36. The smallest absolute Gasteiger partial charge is 0.409 e. The number of rotatable bonds is 5. The zero-order chi connectivity index (χ0) is 11.7. The fourth-order valence-electron chi connectivity index (χ4n) is 0.806. The second-order valence-corrected chi connectivity index (χ2v) is 2.73. The SMILES string of the molecule is CCOC(=O)/C=C/CN(C)C(=O)OCC. The lowest BCUT2D eigenvalue weighted by atomic mass is 10.4. The van der Waals surface area contributed by atoms with Crippen LogP contribution in [0.3, 0.4) is 0 Å². The van der Waals surface area contributed by atoms with Crippen LogP contribution in [-0.4, -0.2) is 43.8 Å². The van der Waals surface area contributed by atoms with Crippen LogP contribution in [0.1, 0.15) is 13.8 Å². The molecule has 0 heterocycles. The van der Waals surface area contributed by atoms with E-state index in [2.05, 4.69) is 4.74 Å². The van der Waals surface area contributed by atoms with Crippen molar-refractivity contribution in [1.82, 2.24) is 4.90 Å². The lowest BCUT2D eigenvalue weighted by Gasteiger charge is -2.13. The maximum atomic E-state index is 11.1. The van der Waals surface area contributed by atoms with Crippen molar-refractivity contribution in [2.75, 3.05) is 26.8 Å². The highest BCUT2D eigenvalue weighted by atomic mass is 16.6. The molecule has 86 valence electrons. The third kappa shape index (κ3) is 6.54. The van der Waals surface area contributed by atoms with Gasteiger partial charge < -0.3 is 14.4 Å². The van der Waals surface area contributed by atoms with E-state index >= 15 is 0 Å². The van der Waals surface area contributed by atoms with E-state index in [9.17, 15) is 9.59 Å². The molecule has 0 saturated carbocycles. The Bertz CT molecular complexity index is 238. The fourth-order valence-corrected chi connectivity index (χ4v) is 0.806. The summed E-state index contributed by atoms with van der Waals surface area (Å²) < 4.78 is 9.42. The number of esters is 1. The molecule has 0 aliphatic rings. The molecule has 0 saturated heterocycles. The molecule has 0 unspecified atom stereocenters. The van der Waals surface area contributed by atoms with Crippen molar-refractivity contribution in [1.29, 1.82) is 0 Å². The number of ether oxygens (including phenoxy) is 2. The molecule has 0 aromatic carbocycles. The molecule has 0 aromatic rings. The van der Waals surface area contributed by atoms with Crippen molar-refractivity contribution in [3.05, 3.63) is 12.2 Å². The van der Waals surface area contributed by atoms with Crippen molar-refractivity contribution in [3.8, 4) is 0 Å². The van der Waals surface area contributed by atoms with Gasteiger partial charge in [-0.3, -0.25) is 0 Å². The summed E-state index contributed by atoms with van der Waals surface area (Å²) in [6.45, 7) is 4.47. The summed E-state index contributed by atoms with van der Waals surface area (Å²) in [6.07, 6.45) is 2.43. The fraction of sp³-hybridized carbons (Fsp3) is 0.600. The Morgan fingerprint density at radius 3 is 2.33 bits per heavy atom. The molecule has 0 radical (unpaired) electrons. The molecule has 0 fully saturated rings. The van der Waals surface area contributed by atoms with Crippen molar-refractivity contribution in [3.63, 3.8) is 0 Å². The van der Waals surface area contributed by atoms with Crippen LogP contribution in [0.5, 0.6) is 0 Å². The van der Waals surface area contributed by atoms with Gasteiger partial charge in [0.05, 0.1) is 13.2 Å². The molecule has 15 heavy (non-hydrogen) atoms. The number of likely N-dealkylation sites (N-methyl/N-ethyl adjacent to an activating group) is 1. The summed E-state index contributed by atoms with van der Waals surface area (Å²) in [5.74, 6) is -0.408. The van der Waals surface area contributed by atoms with Gasteiger partial charge >= 0.3 is 12.1 Å². The Morgan fingerprint density at radius 2 is 1.80 bits per heavy atom. The Balaban J connectivity index is 3.83. The minimum Gasteiger partial charge on any atom is -0.463 e. The topological polar surface area (TPSA) is 55.8 Å². The summed E-state index contributed by atoms with van der Waals surface area (Å²) in [5.41, 5.74) is 0. The Labute approximate surface area is 89.6 Å². The highest BCUT2D eigenvalue weighted by molar-refractivity contribution is 5.82. The minimum absolute atomic E-state index is 0.317. The van der Waals surface area contributed by atoms with Crippen LogP contribution in [0.4, 0.5) is 4.79 Å². The van der Waals surface area contributed by atoms with Crippen LogP contribution in [0.2, 0.25) is 0 Å². The molecule has 5 heteroatoms. The first-order valence-corrected chi connectivity index (χ1v) is 4.83. The van der Waals surface area contributed by atoms with Crippen LogP contribution < -0.4 is 0 Å². The van der Waals surface area contributed by atoms with E-state index in [1.54, 1.807) is 27.0 Å². The normalized spacial score (nSPS) is 10.1. The Morgan fingerprint density at radius 1 is 1.20 bits per heavy atom. The molecule has 0 rings (SSSR count). The van der Waals surface area contributed by atoms with E-state index in [1.807, 2.05) is 0 Å². The van der Waals surface area contributed by atoms with E-state index in [-0.39, 0.29) is 0 Å². The molecule has 0 aliphatic carbocycles. The third-order valence-electron chi connectivity index (χ3n) is 1.50. The third-order valence-corrected chi connectivity index (χ3v) is 1.50. The van der Waals surface area contributed by atoms with Gasteiger partial charge in [0.15, 0.2) is 0 Å². The molecular formula is C10H17NO4. The van der Waals surface area contributed by atoms with Crippen molar-refractivity contribution < 1.29 is 19.1 Å². The Hall–Kier alpha value is -1.52. The summed E-state index contributed by atoms with van der Waals surface area (Å²) >= 11 is 0. The molecule has 0 spiro atoms. The molecule has 0 N–H and O–H groups in total. The van der Waals surface area contributed by atoms with E-state index in [0.29, 0.717) is 19.8 Å². The average Bonchev–Trinajstić information content (AvgIpc) is 2.18. The van der Waals surface area contributed by atoms with Gasteiger partial charge in [-0.05, 0) is 13.8 Å². The summed E-state index contributed by atoms with van der Waals surface area (Å²) in [7, 11) is 1.59. The molecule has 0 atom stereocenters. The van der Waals surface area contributed by atoms with E-state index in [4.69, 9.17) is 4.74 Å². The van der Waals surface area contributed by atoms with Crippen molar-refractivity contribution in [2.24, 2.45) is 0 Å². The number of hydrogen-bond donors (Lipinski definition) is 0. The summed E-state index contributed by atoms with van der Waals surface area (Å²) in [6, 6.07) is 0. The highest BCUT2D eigenvalue weighted by Crippen LogP contribution is 1.91. The molecular weight excluding hydrogens is 198 g/mol. The van der Waals surface area contributed by atoms with Gasteiger partial charge in [-0.2, -0.15) is 0 Å². The van der Waals surface area contributed by atoms with Gasteiger partial charge in [-0.25, -0.2) is 9.59 Å². The highest BCUT2D eigenvalue weighted by Gasteiger charge is 2.06. The van der Waals surface area contributed by atoms with Gasteiger partial charge in [0.2, 0.25) is 0 Å². The molecule has 1 amide bonds. The monoisotopic (exact) mass is 215 g/mol. The van der Waals surface area contributed by atoms with Gasteiger partial charge in [-0.15, -0.1) is 0 Å². The first-order chi connectivity index (χ1) is 7.11. The molecule has 0 aromatic heterocycles. The van der Waals surface area contributed by atoms with E-state index in [1.165, 1.54) is 11.0 Å². The predicted octanol–water partition coefficient (Wildman–Crippen LogP) is 1.19. The zero-order valence-corrected chi connectivity index (χ0v) is 9.36. The first-order valence-electron chi connectivity index (χ1n) is 4.83. The Kier molecular flexibility index (Phi) is 7.05. The number of carbonyl (C=O) groups is 2. The van der Waals surface area contributed by atoms with Crippen LogP contribution in [0.15, 0.2) is 12.2 Å². The molecule has 0 aliphatic heterocycles. The quantitative estimate of drug-likeness (QED) is 0.510. The van der Waals surface area contributed by atoms with Gasteiger partial charge in [0.25, 0.3) is 0 Å². The largest absolute Gasteiger partial charge is 0.463 e. The molecule has 0 bridgehead atoms. The lowest BCUT2D eigenvalue weighted by Crippen LogP contribution is -2.27. The van der Waals surface area contributed by atoms with E-state index in [0.717, 1.165) is 0 Å².